The normalized spacial score (nSPS) is 6.67. The minimum atomic E-state index is 0. The summed E-state index contributed by atoms with van der Waals surface area (Å²) in [5, 5.41) is 3.35. The van der Waals surface area contributed by atoms with Gasteiger partial charge in [-0.2, -0.15) is 0 Å². The van der Waals surface area contributed by atoms with Crippen LogP contribution in [0.1, 0.15) is 0 Å². The fraction of sp³-hybridized carbons (Fsp3) is 0. The van der Waals surface area contributed by atoms with Crippen LogP contribution in [0.5, 0.6) is 0 Å². The first kappa shape index (κ1) is 5.17. The Morgan fingerprint density at radius 1 is 1.50 bits per heavy atom. The van der Waals surface area contributed by atoms with Crippen molar-refractivity contribution in [3.8, 4) is 0 Å². The predicted octanol–water partition coefficient (Wildman–Crippen LogP) is -0.150. The summed E-state index contributed by atoms with van der Waals surface area (Å²) >= 11 is 0. The molecule has 1 rings (SSSR count). The molecule has 0 radical (unpaired) electrons. The van der Waals surface area contributed by atoms with E-state index in [1.54, 1.807) is 12.3 Å². The number of hydrogen-bond acceptors (Lipinski definition) is 2. The topological polar surface area (TPSA) is 57.5 Å². The Kier molecular flexibility index (Phi) is 2.08. The minimum Gasteiger partial charge on any atom is -0.412 e. The Labute approximate surface area is 34.9 Å². The van der Waals surface area contributed by atoms with E-state index in [1.165, 1.54) is 6.26 Å². The molecule has 0 atom stereocenters. The highest BCUT2D eigenvalue weighted by Crippen LogP contribution is 1.72. The lowest BCUT2D eigenvalue weighted by Gasteiger charge is -1.48. The molecule has 0 aliphatic heterocycles. The molecule has 0 bridgehead atoms. The van der Waals surface area contributed by atoms with E-state index in [4.69, 9.17) is 0 Å². The number of nitrogens with zero attached hydrogens (tertiary/aromatic N) is 1. The molecular formula is C3H5NO2. The standard InChI is InChI=1S/C3H3NO.H2O/c1-2-4-5-3-1;/h1-3H;1H2. The lowest BCUT2D eigenvalue weighted by atomic mass is 10.8. The van der Waals surface area contributed by atoms with E-state index >= 15 is 0 Å². The van der Waals surface area contributed by atoms with Crippen LogP contribution in [0.25, 0.3) is 0 Å². The van der Waals surface area contributed by atoms with Gasteiger partial charge in [-0.25, -0.2) is 0 Å². The van der Waals surface area contributed by atoms with Crippen LogP contribution in [0.2, 0.25) is 0 Å². The first-order valence-electron chi connectivity index (χ1n) is 1.34. The molecule has 6 heavy (non-hydrogen) atoms. The van der Waals surface area contributed by atoms with Gasteiger partial charge in [0.05, 0.1) is 6.20 Å². The predicted molar refractivity (Wildman–Crippen MR) is 20.1 cm³/mol. The second kappa shape index (κ2) is 2.41. The summed E-state index contributed by atoms with van der Waals surface area (Å²) < 4.78 is 4.33. The van der Waals surface area contributed by atoms with Crippen molar-refractivity contribution in [2.24, 2.45) is 0 Å². The van der Waals surface area contributed by atoms with E-state index in [9.17, 15) is 0 Å². The molecule has 3 nitrogen and oxygen atoms in total. The molecular weight excluding hydrogens is 82.0 g/mol. The fourth-order valence-electron chi connectivity index (χ4n) is 0.176. The molecule has 1 aromatic rings. The van der Waals surface area contributed by atoms with Gasteiger partial charge in [0.1, 0.15) is 6.26 Å². The van der Waals surface area contributed by atoms with Crippen LogP contribution in [0, 0.1) is 0 Å². The van der Waals surface area contributed by atoms with Gasteiger partial charge in [0.25, 0.3) is 0 Å². The molecule has 0 amide bonds. The van der Waals surface area contributed by atoms with Crippen LogP contribution >= 0.6 is 0 Å². The van der Waals surface area contributed by atoms with Crippen LogP contribution in [-0.4, -0.2) is 10.6 Å². The van der Waals surface area contributed by atoms with E-state index in [2.05, 4.69) is 9.68 Å². The van der Waals surface area contributed by atoms with Gasteiger partial charge in [-0.15, -0.1) is 0 Å². The Morgan fingerprint density at radius 2 is 2.33 bits per heavy atom. The van der Waals surface area contributed by atoms with Gasteiger partial charge in [-0.05, 0) is 6.07 Å². The highest BCUT2D eigenvalue weighted by molar-refractivity contribution is 4.67. The molecule has 0 aliphatic rings. The van der Waals surface area contributed by atoms with Crippen LogP contribution in [0.15, 0.2) is 23.0 Å². The van der Waals surface area contributed by atoms with Gasteiger partial charge in [0, 0.05) is 0 Å². The van der Waals surface area contributed by atoms with Gasteiger partial charge in [0.2, 0.25) is 0 Å². The van der Waals surface area contributed by atoms with Crippen molar-refractivity contribution in [2.45, 2.75) is 0 Å². The average Bonchev–Trinajstić information content (AvgIpc) is 1.76. The first-order valence-corrected chi connectivity index (χ1v) is 1.34. The maximum atomic E-state index is 4.33. The van der Waals surface area contributed by atoms with Crippen molar-refractivity contribution < 1.29 is 10.00 Å². The second-order valence-electron chi connectivity index (χ2n) is 0.688. The van der Waals surface area contributed by atoms with E-state index in [1.807, 2.05) is 0 Å². The third kappa shape index (κ3) is 0.858. The summed E-state index contributed by atoms with van der Waals surface area (Å²) in [4.78, 5) is 0. The summed E-state index contributed by atoms with van der Waals surface area (Å²) in [5.41, 5.74) is 0. The summed E-state index contributed by atoms with van der Waals surface area (Å²) in [6.45, 7) is 0. The number of aromatic nitrogens is 1. The molecule has 0 fully saturated rings. The Balaban J connectivity index is 0.000000250. The average molecular weight is 87.1 g/mol. The highest BCUT2D eigenvalue weighted by Gasteiger charge is 1.60. The molecule has 0 unspecified atom stereocenters. The van der Waals surface area contributed by atoms with Gasteiger partial charge >= 0.3 is 0 Å². The molecule has 0 aromatic carbocycles. The number of rotatable bonds is 0. The molecule has 1 aromatic heterocycles. The maximum Gasteiger partial charge on any atom is 0.123 e. The molecule has 0 aliphatic carbocycles. The zero-order chi connectivity index (χ0) is 3.54. The van der Waals surface area contributed by atoms with Crippen LogP contribution in [0.4, 0.5) is 0 Å². The molecule has 34 valence electrons. The highest BCUT2D eigenvalue weighted by atomic mass is 16.5. The summed E-state index contributed by atoms with van der Waals surface area (Å²) in [6, 6.07) is 1.72. The van der Waals surface area contributed by atoms with E-state index < -0.39 is 0 Å². The van der Waals surface area contributed by atoms with Crippen molar-refractivity contribution >= 4 is 0 Å². The molecule has 0 saturated heterocycles. The SMILES string of the molecule is O.c1cnoc1. The third-order valence-corrected chi connectivity index (χ3v) is 0.347. The fourth-order valence-corrected chi connectivity index (χ4v) is 0.176. The summed E-state index contributed by atoms with van der Waals surface area (Å²) in [7, 11) is 0. The molecule has 1 heterocycles. The molecule has 0 saturated carbocycles. The quantitative estimate of drug-likeness (QED) is 0.441. The van der Waals surface area contributed by atoms with Crippen molar-refractivity contribution in [3.63, 3.8) is 0 Å². The van der Waals surface area contributed by atoms with E-state index in [-0.39, 0.29) is 5.48 Å². The van der Waals surface area contributed by atoms with Gasteiger partial charge < -0.3 is 10.00 Å². The van der Waals surface area contributed by atoms with Crippen LogP contribution in [0.3, 0.4) is 0 Å². The van der Waals surface area contributed by atoms with Crippen LogP contribution in [-0.2, 0) is 0 Å². The third-order valence-electron chi connectivity index (χ3n) is 0.347. The Morgan fingerprint density at radius 3 is 2.50 bits per heavy atom. The van der Waals surface area contributed by atoms with Gasteiger partial charge in [-0.3, -0.25) is 0 Å². The van der Waals surface area contributed by atoms with Crippen molar-refractivity contribution in [2.75, 3.05) is 0 Å². The van der Waals surface area contributed by atoms with Gasteiger partial charge in [-0.1, -0.05) is 5.16 Å². The largest absolute Gasteiger partial charge is 0.412 e. The zero-order valence-corrected chi connectivity index (χ0v) is 3.09. The van der Waals surface area contributed by atoms with Gasteiger partial charge in [0.15, 0.2) is 0 Å². The zero-order valence-electron chi connectivity index (χ0n) is 3.09. The summed E-state index contributed by atoms with van der Waals surface area (Å²) in [5.74, 6) is 0. The summed E-state index contributed by atoms with van der Waals surface area (Å²) in [6.07, 6.45) is 3.10. The molecule has 2 N–H and O–H groups in total. The monoisotopic (exact) mass is 87.0 g/mol. The Hall–Kier alpha value is -0.830. The first-order chi connectivity index (χ1) is 2.50. The lowest BCUT2D eigenvalue weighted by Crippen LogP contribution is -1.38. The number of hydrogen-bond donors (Lipinski definition) is 0. The lowest BCUT2D eigenvalue weighted by molar-refractivity contribution is 0.420. The van der Waals surface area contributed by atoms with Crippen molar-refractivity contribution in [1.29, 1.82) is 0 Å². The van der Waals surface area contributed by atoms with Crippen molar-refractivity contribution in [3.05, 3.63) is 18.5 Å². The maximum absolute atomic E-state index is 4.33. The molecule has 0 spiro atoms. The Bertz CT molecular complexity index is 65.3. The van der Waals surface area contributed by atoms with E-state index in [0.29, 0.717) is 0 Å². The van der Waals surface area contributed by atoms with Crippen LogP contribution < -0.4 is 0 Å². The van der Waals surface area contributed by atoms with Crippen molar-refractivity contribution in [1.82, 2.24) is 5.16 Å². The second-order valence-corrected chi connectivity index (χ2v) is 0.688. The minimum absolute atomic E-state index is 0. The smallest absolute Gasteiger partial charge is 0.123 e. The molecule has 3 heteroatoms. The van der Waals surface area contributed by atoms with E-state index in [0.717, 1.165) is 0 Å².